The van der Waals surface area contributed by atoms with Crippen LogP contribution in [0.4, 0.5) is 5.69 Å². The predicted octanol–water partition coefficient (Wildman–Crippen LogP) is 2.80. The Morgan fingerprint density at radius 3 is 3.05 bits per heavy atom. The van der Waals surface area contributed by atoms with Gasteiger partial charge in [-0.25, -0.2) is 0 Å². The molecule has 2 rings (SSSR count). The maximum Gasteiger partial charge on any atom is 0.224 e. The van der Waals surface area contributed by atoms with Gasteiger partial charge in [0.15, 0.2) is 0 Å². The number of amides is 1. The molecule has 0 saturated carbocycles. The summed E-state index contributed by atoms with van der Waals surface area (Å²) < 4.78 is 5.64. The van der Waals surface area contributed by atoms with Crippen molar-refractivity contribution in [3.05, 3.63) is 24.3 Å². The minimum absolute atomic E-state index is 0.0736. The molecule has 1 amide bonds. The average Bonchev–Trinajstić information content (AvgIpc) is 2.97. The molecular weight excluding hydrogens is 252 g/mol. The lowest BCUT2D eigenvalue weighted by Crippen LogP contribution is -2.15. The Labute approximate surface area is 120 Å². The minimum atomic E-state index is 0.0736. The van der Waals surface area contributed by atoms with E-state index in [-0.39, 0.29) is 5.91 Å². The molecule has 0 aliphatic carbocycles. The Morgan fingerprint density at radius 2 is 2.30 bits per heavy atom. The van der Waals surface area contributed by atoms with Crippen molar-refractivity contribution in [2.24, 2.45) is 5.92 Å². The Hall–Kier alpha value is -1.55. The number of rotatable bonds is 7. The summed E-state index contributed by atoms with van der Waals surface area (Å²) in [5.74, 6) is 1.47. The zero-order valence-electron chi connectivity index (χ0n) is 12.2. The molecule has 4 nitrogen and oxygen atoms in total. The quantitative estimate of drug-likeness (QED) is 0.805. The Bertz CT molecular complexity index is 428. The fraction of sp³-hybridized carbons (Fsp3) is 0.562. The molecule has 1 aliphatic heterocycles. The monoisotopic (exact) mass is 276 g/mol. The van der Waals surface area contributed by atoms with E-state index in [0.717, 1.165) is 37.4 Å². The fourth-order valence-electron chi connectivity index (χ4n) is 2.42. The number of hydrogen-bond acceptors (Lipinski definition) is 3. The van der Waals surface area contributed by atoms with Gasteiger partial charge in [-0.2, -0.15) is 0 Å². The molecule has 4 heteroatoms. The third-order valence-electron chi connectivity index (χ3n) is 3.56. The highest BCUT2D eigenvalue weighted by molar-refractivity contribution is 5.92. The van der Waals surface area contributed by atoms with Crippen LogP contribution in [-0.2, 0) is 4.79 Å². The lowest BCUT2D eigenvalue weighted by molar-refractivity contribution is -0.116. The Kier molecular flexibility index (Phi) is 5.87. The summed E-state index contributed by atoms with van der Waals surface area (Å²) in [6.45, 7) is 4.86. The molecule has 1 unspecified atom stereocenters. The summed E-state index contributed by atoms with van der Waals surface area (Å²) in [7, 11) is 0. The van der Waals surface area contributed by atoms with E-state index in [1.807, 2.05) is 24.3 Å². The van der Waals surface area contributed by atoms with Gasteiger partial charge in [0.25, 0.3) is 0 Å². The van der Waals surface area contributed by atoms with Crippen molar-refractivity contribution in [2.75, 3.05) is 25.0 Å². The topological polar surface area (TPSA) is 50.4 Å². The normalized spacial score (nSPS) is 17.9. The number of benzene rings is 1. The van der Waals surface area contributed by atoms with Gasteiger partial charge in [0.2, 0.25) is 5.91 Å². The van der Waals surface area contributed by atoms with Crippen LogP contribution in [0.2, 0.25) is 0 Å². The number of ether oxygens (including phenoxy) is 1. The van der Waals surface area contributed by atoms with Crippen LogP contribution in [0.1, 0.15) is 32.6 Å². The third kappa shape index (κ3) is 4.53. The highest BCUT2D eigenvalue weighted by atomic mass is 16.5. The van der Waals surface area contributed by atoms with Crippen molar-refractivity contribution in [1.82, 2.24) is 5.32 Å². The number of para-hydroxylation sites is 2. The van der Waals surface area contributed by atoms with Gasteiger partial charge in [0, 0.05) is 6.42 Å². The highest BCUT2D eigenvalue weighted by Crippen LogP contribution is 2.24. The van der Waals surface area contributed by atoms with Crippen LogP contribution in [0.3, 0.4) is 0 Å². The van der Waals surface area contributed by atoms with E-state index in [1.165, 1.54) is 6.42 Å². The zero-order chi connectivity index (χ0) is 14.2. The smallest absolute Gasteiger partial charge is 0.224 e. The second kappa shape index (κ2) is 7.90. The fourth-order valence-corrected chi connectivity index (χ4v) is 2.42. The van der Waals surface area contributed by atoms with Crippen molar-refractivity contribution in [3.8, 4) is 5.75 Å². The first kappa shape index (κ1) is 14.9. The lowest BCUT2D eigenvalue weighted by atomic mass is 10.0. The molecule has 1 saturated heterocycles. The first-order valence-corrected chi connectivity index (χ1v) is 7.52. The number of carbonyl (C=O) groups is 1. The van der Waals surface area contributed by atoms with Crippen molar-refractivity contribution in [3.63, 3.8) is 0 Å². The molecule has 1 fully saturated rings. The number of nitrogens with one attached hydrogen (secondary N) is 2. The van der Waals surface area contributed by atoms with Crippen LogP contribution in [0.25, 0.3) is 0 Å². The predicted molar refractivity (Wildman–Crippen MR) is 81.1 cm³/mol. The maximum atomic E-state index is 12.0. The summed E-state index contributed by atoms with van der Waals surface area (Å²) in [6.07, 6.45) is 3.67. The molecule has 110 valence electrons. The second-order valence-corrected chi connectivity index (χ2v) is 5.29. The van der Waals surface area contributed by atoms with Gasteiger partial charge in [0.1, 0.15) is 5.75 Å². The van der Waals surface area contributed by atoms with Gasteiger partial charge < -0.3 is 15.4 Å². The summed E-state index contributed by atoms with van der Waals surface area (Å²) >= 11 is 0. The van der Waals surface area contributed by atoms with Crippen LogP contribution in [0.5, 0.6) is 5.75 Å². The summed E-state index contributed by atoms with van der Waals surface area (Å²) in [5.41, 5.74) is 0.774. The highest BCUT2D eigenvalue weighted by Gasteiger charge is 2.16. The molecule has 1 aliphatic rings. The Balaban J connectivity index is 1.83. The molecule has 0 radical (unpaired) electrons. The van der Waals surface area contributed by atoms with Crippen LogP contribution < -0.4 is 15.4 Å². The van der Waals surface area contributed by atoms with Crippen molar-refractivity contribution in [1.29, 1.82) is 0 Å². The van der Waals surface area contributed by atoms with E-state index in [9.17, 15) is 4.79 Å². The zero-order valence-corrected chi connectivity index (χ0v) is 12.2. The summed E-state index contributed by atoms with van der Waals surface area (Å²) in [5, 5.41) is 6.29. The molecule has 2 N–H and O–H groups in total. The van der Waals surface area contributed by atoms with Crippen molar-refractivity contribution >= 4 is 11.6 Å². The standard InChI is InChI=1S/C16H24N2O2/c1-2-11-20-15-6-4-3-5-14(15)18-16(19)8-7-13-9-10-17-12-13/h3-6,13,17H,2,7-12H2,1H3,(H,18,19). The van der Waals surface area contributed by atoms with E-state index in [2.05, 4.69) is 17.6 Å². The van der Waals surface area contributed by atoms with Gasteiger partial charge in [-0.3, -0.25) is 4.79 Å². The molecule has 1 aromatic carbocycles. The van der Waals surface area contributed by atoms with E-state index in [0.29, 0.717) is 18.9 Å². The van der Waals surface area contributed by atoms with Crippen LogP contribution in [-0.4, -0.2) is 25.6 Å². The molecule has 0 bridgehead atoms. The van der Waals surface area contributed by atoms with Crippen molar-refractivity contribution in [2.45, 2.75) is 32.6 Å². The number of anilines is 1. The largest absolute Gasteiger partial charge is 0.491 e. The van der Waals surface area contributed by atoms with E-state index < -0.39 is 0 Å². The molecular formula is C16H24N2O2. The summed E-state index contributed by atoms with van der Waals surface area (Å²) in [6, 6.07) is 7.62. The second-order valence-electron chi connectivity index (χ2n) is 5.29. The lowest BCUT2D eigenvalue weighted by Gasteiger charge is -2.12. The average molecular weight is 276 g/mol. The maximum absolute atomic E-state index is 12.0. The third-order valence-corrected chi connectivity index (χ3v) is 3.56. The Morgan fingerprint density at radius 1 is 1.45 bits per heavy atom. The molecule has 0 spiro atoms. The van der Waals surface area contributed by atoms with Crippen molar-refractivity contribution < 1.29 is 9.53 Å². The molecule has 0 aromatic heterocycles. The van der Waals surface area contributed by atoms with Gasteiger partial charge in [0.05, 0.1) is 12.3 Å². The minimum Gasteiger partial charge on any atom is -0.491 e. The van der Waals surface area contributed by atoms with E-state index in [1.54, 1.807) is 0 Å². The van der Waals surface area contributed by atoms with E-state index >= 15 is 0 Å². The van der Waals surface area contributed by atoms with Gasteiger partial charge >= 0.3 is 0 Å². The number of carbonyl (C=O) groups excluding carboxylic acids is 1. The molecule has 1 aromatic rings. The SMILES string of the molecule is CCCOc1ccccc1NC(=O)CCC1CCNC1. The first-order valence-electron chi connectivity index (χ1n) is 7.52. The summed E-state index contributed by atoms with van der Waals surface area (Å²) in [4.78, 5) is 12.0. The first-order chi connectivity index (χ1) is 9.79. The van der Waals surface area contributed by atoms with Gasteiger partial charge in [-0.05, 0) is 50.4 Å². The molecule has 1 heterocycles. The van der Waals surface area contributed by atoms with Gasteiger partial charge in [-0.1, -0.05) is 19.1 Å². The van der Waals surface area contributed by atoms with Gasteiger partial charge in [-0.15, -0.1) is 0 Å². The number of hydrogen-bond donors (Lipinski definition) is 2. The molecule has 1 atom stereocenters. The van der Waals surface area contributed by atoms with E-state index in [4.69, 9.17) is 4.74 Å². The molecule has 20 heavy (non-hydrogen) atoms. The van der Waals surface area contributed by atoms with Crippen LogP contribution >= 0.6 is 0 Å². The van der Waals surface area contributed by atoms with Crippen LogP contribution in [0.15, 0.2) is 24.3 Å². The van der Waals surface area contributed by atoms with Crippen LogP contribution in [0, 0.1) is 5.92 Å².